The number of nitrogens with zero attached hydrogens (tertiary/aromatic N) is 2. The third-order valence-corrected chi connectivity index (χ3v) is 3.97. The highest BCUT2D eigenvalue weighted by Gasteiger charge is 2.16. The first kappa shape index (κ1) is 13.0. The molecule has 0 bridgehead atoms. The summed E-state index contributed by atoms with van der Waals surface area (Å²) >= 11 is 0. The fourth-order valence-electron chi connectivity index (χ4n) is 2.81. The fourth-order valence-corrected chi connectivity index (χ4v) is 2.81. The van der Waals surface area contributed by atoms with Gasteiger partial charge in [0.2, 0.25) is 0 Å². The maximum atomic E-state index is 5.92. The number of furan rings is 1. The molecule has 4 nitrogen and oxygen atoms in total. The number of nitrogens with one attached hydrogen (secondary N) is 1. The second kappa shape index (κ2) is 5.57. The molecule has 1 N–H and O–H groups in total. The molecule has 0 radical (unpaired) electrons. The van der Waals surface area contributed by atoms with Crippen LogP contribution in [0.15, 0.2) is 33.7 Å². The quantitative estimate of drug-likeness (QED) is 0.674. The monoisotopic (exact) mass is 271 g/mol. The van der Waals surface area contributed by atoms with E-state index in [2.05, 4.69) is 28.2 Å². The van der Waals surface area contributed by atoms with Gasteiger partial charge in [0.05, 0.1) is 6.54 Å². The normalized spacial score (nSPS) is 16.1. The number of aliphatic imine (C=N–C) groups is 1. The lowest BCUT2D eigenvalue weighted by molar-refractivity contribution is 0.478. The number of para-hydroxylation sites is 1. The highest BCUT2D eigenvalue weighted by molar-refractivity contribution is 5.83. The molecule has 1 aromatic carbocycles. The molecule has 1 aliphatic heterocycles. The van der Waals surface area contributed by atoms with Crippen LogP contribution in [-0.4, -0.2) is 31.0 Å². The van der Waals surface area contributed by atoms with Crippen LogP contribution in [0, 0.1) is 6.92 Å². The van der Waals surface area contributed by atoms with Crippen molar-refractivity contribution in [3.05, 3.63) is 35.6 Å². The summed E-state index contributed by atoms with van der Waals surface area (Å²) in [6.07, 6.45) is 2.51. The number of fused-ring (bicyclic) bond motifs is 1. The Labute approximate surface area is 119 Å². The van der Waals surface area contributed by atoms with E-state index in [0.717, 1.165) is 30.4 Å². The van der Waals surface area contributed by atoms with E-state index in [1.807, 2.05) is 25.2 Å². The van der Waals surface area contributed by atoms with Crippen molar-refractivity contribution in [3.63, 3.8) is 0 Å². The van der Waals surface area contributed by atoms with E-state index in [1.165, 1.54) is 23.8 Å². The first-order chi connectivity index (χ1) is 9.79. The Balaban J connectivity index is 1.74. The van der Waals surface area contributed by atoms with Gasteiger partial charge in [0.15, 0.2) is 5.96 Å². The zero-order valence-corrected chi connectivity index (χ0v) is 12.1. The van der Waals surface area contributed by atoms with Crippen LogP contribution in [-0.2, 0) is 6.54 Å². The van der Waals surface area contributed by atoms with Gasteiger partial charge in [-0.15, -0.1) is 0 Å². The zero-order chi connectivity index (χ0) is 13.9. The summed E-state index contributed by atoms with van der Waals surface area (Å²) in [5, 5.41) is 4.61. The van der Waals surface area contributed by atoms with Crippen molar-refractivity contribution >= 4 is 16.9 Å². The molecule has 0 spiro atoms. The lowest BCUT2D eigenvalue weighted by atomic mass is 10.1. The van der Waals surface area contributed by atoms with Crippen LogP contribution in [0.25, 0.3) is 11.0 Å². The maximum absolute atomic E-state index is 5.92. The smallest absolute Gasteiger partial charge is 0.194 e. The van der Waals surface area contributed by atoms with Gasteiger partial charge < -0.3 is 14.6 Å². The van der Waals surface area contributed by atoms with Gasteiger partial charge in [-0.05, 0) is 25.8 Å². The summed E-state index contributed by atoms with van der Waals surface area (Å²) in [5.41, 5.74) is 2.17. The van der Waals surface area contributed by atoms with Gasteiger partial charge in [0, 0.05) is 31.1 Å². The van der Waals surface area contributed by atoms with Crippen molar-refractivity contribution in [2.24, 2.45) is 4.99 Å². The summed E-state index contributed by atoms with van der Waals surface area (Å²) in [7, 11) is 1.84. The number of guanidine groups is 1. The number of aryl methyl sites for hydroxylation is 1. The van der Waals surface area contributed by atoms with Crippen LogP contribution in [0.3, 0.4) is 0 Å². The topological polar surface area (TPSA) is 40.8 Å². The molecule has 1 aliphatic rings. The Morgan fingerprint density at radius 2 is 2.05 bits per heavy atom. The minimum atomic E-state index is 0.684. The first-order valence-electron chi connectivity index (χ1n) is 7.22. The Hall–Kier alpha value is -1.97. The van der Waals surface area contributed by atoms with E-state index in [1.54, 1.807) is 0 Å². The van der Waals surface area contributed by atoms with E-state index in [-0.39, 0.29) is 0 Å². The summed E-state index contributed by atoms with van der Waals surface area (Å²) in [5.74, 6) is 1.97. The van der Waals surface area contributed by atoms with E-state index in [4.69, 9.17) is 4.42 Å². The van der Waals surface area contributed by atoms with Crippen molar-refractivity contribution < 1.29 is 4.42 Å². The van der Waals surface area contributed by atoms with E-state index in [0.29, 0.717) is 6.54 Å². The predicted octanol–water partition coefficient (Wildman–Crippen LogP) is 2.91. The molecule has 3 rings (SSSR count). The SMILES string of the molecule is CN=C(NCc1oc2ccccc2c1C)N1CCCC1. The Morgan fingerprint density at radius 3 is 2.75 bits per heavy atom. The van der Waals surface area contributed by atoms with E-state index in [9.17, 15) is 0 Å². The summed E-state index contributed by atoms with van der Waals surface area (Å²) in [6, 6.07) is 8.17. The van der Waals surface area contributed by atoms with Gasteiger partial charge in [-0.25, -0.2) is 0 Å². The van der Waals surface area contributed by atoms with Crippen LogP contribution < -0.4 is 5.32 Å². The van der Waals surface area contributed by atoms with E-state index >= 15 is 0 Å². The van der Waals surface area contributed by atoms with Crippen LogP contribution >= 0.6 is 0 Å². The fraction of sp³-hybridized carbons (Fsp3) is 0.438. The van der Waals surface area contributed by atoms with Gasteiger partial charge in [-0.2, -0.15) is 0 Å². The third-order valence-electron chi connectivity index (χ3n) is 3.97. The summed E-state index contributed by atoms with van der Waals surface area (Å²) in [6.45, 7) is 4.99. The number of benzene rings is 1. The lowest BCUT2D eigenvalue weighted by Gasteiger charge is -2.20. The van der Waals surface area contributed by atoms with Crippen molar-refractivity contribution in [2.45, 2.75) is 26.3 Å². The molecule has 20 heavy (non-hydrogen) atoms. The standard InChI is InChI=1S/C16H21N3O/c1-12-13-7-3-4-8-14(13)20-15(12)11-18-16(17-2)19-9-5-6-10-19/h3-4,7-8H,5-6,9-11H2,1-2H3,(H,17,18). The van der Waals surface area contributed by atoms with Crippen LogP contribution in [0.5, 0.6) is 0 Å². The number of hydrogen-bond donors (Lipinski definition) is 1. The molecular formula is C16H21N3O. The summed E-state index contributed by atoms with van der Waals surface area (Å²) in [4.78, 5) is 6.66. The first-order valence-corrected chi connectivity index (χ1v) is 7.22. The minimum Gasteiger partial charge on any atom is -0.459 e. The van der Waals surface area contributed by atoms with E-state index < -0.39 is 0 Å². The van der Waals surface area contributed by atoms with Gasteiger partial charge in [-0.1, -0.05) is 18.2 Å². The predicted molar refractivity (Wildman–Crippen MR) is 82.0 cm³/mol. The molecule has 0 amide bonds. The molecular weight excluding hydrogens is 250 g/mol. The van der Waals surface area contributed by atoms with Crippen molar-refractivity contribution in [2.75, 3.05) is 20.1 Å². The maximum Gasteiger partial charge on any atom is 0.194 e. The van der Waals surface area contributed by atoms with Crippen LogP contribution in [0.2, 0.25) is 0 Å². The van der Waals surface area contributed by atoms with Gasteiger partial charge in [-0.3, -0.25) is 4.99 Å². The third kappa shape index (κ3) is 2.38. The number of rotatable bonds is 2. The van der Waals surface area contributed by atoms with Crippen LogP contribution in [0.4, 0.5) is 0 Å². The molecule has 2 heterocycles. The summed E-state index contributed by atoms with van der Waals surface area (Å²) < 4.78 is 5.92. The lowest BCUT2D eigenvalue weighted by Crippen LogP contribution is -2.39. The molecule has 0 atom stereocenters. The second-order valence-electron chi connectivity index (χ2n) is 5.24. The van der Waals surface area contributed by atoms with Crippen molar-refractivity contribution in [1.82, 2.24) is 10.2 Å². The number of hydrogen-bond acceptors (Lipinski definition) is 2. The van der Waals surface area contributed by atoms with Gasteiger partial charge in [0.25, 0.3) is 0 Å². The Morgan fingerprint density at radius 1 is 1.30 bits per heavy atom. The molecule has 106 valence electrons. The largest absolute Gasteiger partial charge is 0.459 e. The highest BCUT2D eigenvalue weighted by atomic mass is 16.3. The Kier molecular flexibility index (Phi) is 3.63. The highest BCUT2D eigenvalue weighted by Crippen LogP contribution is 2.24. The molecule has 1 aromatic heterocycles. The molecule has 0 aliphatic carbocycles. The average Bonchev–Trinajstić information content (AvgIpc) is 3.10. The van der Waals surface area contributed by atoms with Crippen molar-refractivity contribution in [1.29, 1.82) is 0 Å². The molecule has 0 unspecified atom stereocenters. The van der Waals surface area contributed by atoms with Gasteiger partial charge in [0.1, 0.15) is 11.3 Å². The molecule has 1 fully saturated rings. The molecule has 0 saturated carbocycles. The Bertz CT molecular complexity index is 624. The molecule has 2 aromatic rings. The van der Waals surface area contributed by atoms with Crippen LogP contribution in [0.1, 0.15) is 24.2 Å². The number of likely N-dealkylation sites (tertiary alicyclic amines) is 1. The molecule has 4 heteroatoms. The average molecular weight is 271 g/mol. The van der Waals surface area contributed by atoms with Crippen molar-refractivity contribution in [3.8, 4) is 0 Å². The van der Waals surface area contributed by atoms with Gasteiger partial charge >= 0.3 is 0 Å². The zero-order valence-electron chi connectivity index (χ0n) is 12.1. The minimum absolute atomic E-state index is 0.684. The second-order valence-corrected chi connectivity index (χ2v) is 5.24. The molecule has 1 saturated heterocycles.